The number of carbonyl (C=O) groups excluding carboxylic acids is 1. The molecule has 174 valence electrons. The summed E-state index contributed by atoms with van der Waals surface area (Å²) in [7, 11) is -3.82. The van der Waals surface area contributed by atoms with Gasteiger partial charge in [-0.3, -0.25) is 4.79 Å². The van der Waals surface area contributed by atoms with Crippen LogP contribution in [0.5, 0.6) is 0 Å². The van der Waals surface area contributed by atoms with Crippen molar-refractivity contribution in [2.24, 2.45) is 5.92 Å². The van der Waals surface area contributed by atoms with Gasteiger partial charge in [-0.1, -0.05) is 29.3 Å². The standard InChI is InChI=1S/C22H24ClF3N2O3S/c1-13-9-14(2)20(15(3)10-13)32(30,31)28-8-4-5-16(12-28)21(29)27-17-6-7-19(23)18(11-17)22(24,25)26/h6-7,9-11,16H,4-5,8,12H2,1-3H3,(H,27,29)/t16-/m0/s1. The molecule has 1 amide bonds. The maximum atomic E-state index is 13.3. The highest BCUT2D eigenvalue weighted by atomic mass is 35.5. The zero-order chi connectivity index (χ0) is 23.8. The Bertz CT molecular complexity index is 1130. The van der Waals surface area contributed by atoms with Gasteiger partial charge in [0.15, 0.2) is 0 Å². The third kappa shape index (κ3) is 5.10. The minimum absolute atomic E-state index is 0.0410. The first-order valence-electron chi connectivity index (χ1n) is 10.1. The number of hydrogen-bond donors (Lipinski definition) is 1. The molecule has 3 rings (SSSR count). The van der Waals surface area contributed by atoms with Crippen LogP contribution in [0, 0.1) is 26.7 Å². The monoisotopic (exact) mass is 488 g/mol. The fourth-order valence-corrected chi connectivity index (χ4v) is 6.30. The second-order valence-electron chi connectivity index (χ2n) is 8.11. The van der Waals surface area contributed by atoms with Crippen LogP contribution < -0.4 is 5.32 Å². The first-order valence-corrected chi connectivity index (χ1v) is 11.9. The predicted molar refractivity (Wildman–Crippen MR) is 117 cm³/mol. The molecule has 0 saturated carbocycles. The summed E-state index contributed by atoms with van der Waals surface area (Å²) < 4.78 is 67.2. The Kier molecular flexibility index (Phi) is 6.93. The molecule has 0 bridgehead atoms. The number of amides is 1. The van der Waals surface area contributed by atoms with Gasteiger partial charge in [0, 0.05) is 18.8 Å². The summed E-state index contributed by atoms with van der Waals surface area (Å²) in [4.78, 5) is 13.0. The normalized spacial score (nSPS) is 17.9. The van der Waals surface area contributed by atoms with Gasteiger partial charge in [-0.2, -0.15) is 17.5 Å². The number of piperidine rings is 1. The zero-order valence-corrected chi connectivity index (χ0v) is 19.5. The quantitative estimate of drug-likeness (QED) is 0.633. The van der Waals surface area contributed by atoms with Crippen LogP contribution in [0.15, 0.2) is 35.2 Å². The number of alkyl halides is 3. The smallest absolute Gasteiger partial charge is 0.326 e. The molecular weight excluding hydrogens is 465 g/mol. The number of anilines is 1. The molecule has 5 nitrogen and oxygen atoms in total. The van der Waals surface area contributed by atoms with Crippen molar-refractivity contribution in [1.29, 1.82) is 0 Å². The van der Waals surface area contributed by atoms with Crippen LogP contribution in [0.4, 0.5) is 18.9 Å². The number of hydrogen-bond acceptors (Lipinski definition) is 3. The number of halogens is 4. The van der Waals surface area contributed by atoms with Crippen molar-refractivity contribution in [3.05, 3.63) is 57.6 Å². The van der Waals surface area contributed by atoms with Gasteiger partial charge < -0.3 is 5.32 Å². The lowest BCUT2D eigenvalue weighted by Crippen LogP contribution is -2.44. The summed E-state index contributed by atoms with van der Waals surface area (Å²) in [6.45, 7) is 5.59. The number of sulfonamides is 1. The maximum absolute atomic E-state index is 13.3. The van der Waals surface area contributed by atoms with E-state index < -0.39 is 38.6 Å². The van der Waals surface area contributed by atoms with Crippen LogP contribution in [0.25, 0.3) is 0 Å². The molecule has 0 aliphatic carbocycles. The Morgan fingerprint density at radius 3 is 2.34 bits per heavy atom. The van der Waals surface area contributed by atoms with Gasteiger partial charge in [-0.15, -0.1) is 0 Å². The van der Waals surface area contributed by atoms with Gasteiger partial charge in [-0.05, 0) is 62.9 Å². The first-order chi connectivity index (χ1) is 14.8. The van der Waals surface area contributed by atoms with Gasteiger partial charge in [0.25, 0.3) is 0 Å². The number of benzene rings is 2. The van der Waals surface area contributed by atoms with Gasteiger partial charge in [0.2, 0.25) is 15.9 Å². The second kappa shape index (κ2) is 9.03. The van der Waals surface area contributed by atoms with Crippen LogP contribution in [0.3, 0.4) is 0 Å². The summed E-state index contributed by atoms with van der Waals surface area (Å²) in [5.41, 5.74) is 1.13. The molecule has 0 radical (unpaired) electrons. The minimum Gasteiger partial charge on any atom is -0.326 e. The van der Waals surface area contributed by atoms with Crippen LogP contribution in [-0.2, 0) is 21.0 Å². The number of carbonyl (C=O) groups is 1. The molecule has 0 spiro atoms. The maximum Gasteiger partial charge on any atom is 0.417 e. The topological polar surface area (TPSA) is 66.5 Å². The van der Waals surface area contributed by atoms with E-state index in [-0.39, 0.29) is 23.7 Å². The molecule has 1 saturated heterocycles. The van der Waals surface area contributed by atoms with Gasteiger partial charge in [0.1, 0.15) is 0 Å². The van der Waals surface area contributed by atoms with E-state index in [1.54, 1.807) is 26.0 Å². The van der Waals surface area contributed by atoms with Crippen molar-refractivity contribution in [3.8, 4) is 0 Å². The van der Waals surface area contributed by atoms with Crippen molar-refractivity contribution >= 4 is 33.2 Å². The molecule has 2 aromatic carbocycles. The van der Waals surface area contributed by atoms with E-state index in [9.17, 15) is 26.4 Å². The largest absolute Gasteiger partial charge is 0.417 e. The van der Waals surface area contributed by atoms with E-state index in [1.165, 1.54) is 10.4 Å². The average Bonchev–Trinajstić information content (AvgIpc) is 2.67. The molecule has 1 fully saturated rings. The fourth-order valence-electron chi connectivity index (χ4n) is 4.14. The fraction of sp³-hybridized carbons (Fsp3) is 0.409. The summed E-state index contributed by atoms with van der Waals surface area (Å²) in [5, 5.41) is 2.01. The first kappa shape index (κ1) is 24.5. The molecule has 0 unspecified atom stereocenters. The van der Waals surface area contributed by atoms with E-state index >= 15 is 0 Å². The lowest BCUT2D eigenvalue weighted by molar-refractivity contribution is -0.137. The second-order valence-corrected chi connectivity index (χ2v) is 10.4. The highest BCUT2D eigenvalue weighted by molar-refractivity contribution is 7.89. The highest BCUT2D eigenvalue weighted by Crippen LogP contribution is 2.36. The number of aryl methyl sites for hydroxylation is 3. The van der Waals surface area contributed by atoms with Gasteiger partial charge in [-0.25, -0.2) is 8.42 Å². The SMILES string of the molecule is Cc1cc(C)c(S(=O)(=O)N2CCC[C@H](C(=O)Nc3ccc(Cl)c(C(F)(F)F)c3)C2)c(C)c1. The van der Waals surface area contributed by atoms with Crippen molar-refractivity contribution in [1.82, 2.24) is 4.31 Å². The highest BCUT2D eigenvalue weighted by Gasteiger charge is 2.36. The Labute approximate surface area is 190 Å². The summed E-state index contributed by atoms with van der Waals surface area (Å²) in [6.07, 6.45) is -3.75. The zero-order valence-electron chi connectivity index (χ0n) is 17.9. The van der Waals surface area contributed by atoms with Crippen LogP contribution in [0.1, 0.15) is 35.1 Å². The lowest BCUT2D eigenvalue weighted by atomic mass is 9.98. The van der Waals surface area contributed by atoms with Gasteiger partial charge >= 0.3 is 6.18 Å². The Hall–Kier alpha value is -2.10. The van der Waals surface area contributed by atoms with E-state index in [1.807, 2.05) is 6.92 Å². The van der Waals surface area contributed by atoms with Crippen LogP contribution >= 0.6 is 11.6 Å². The molecule has 1 heterocycles. The average molecular weight is 489 g/mol. The van der Waals surface area contributed by atoms with E-state index in [0.717, 1.165) is 17.7 Å². The van der Waals surface area contributed by atoms with E-state index in [0.29, 0.717) is 24.0 Å². The molecule has 10 heteroatoms. The third-order valence-electron chi connectivity index (χ3n) is 5.50. The van der Waals surface area contributed by atoms with E-state index in [4.69, 9.17) is 11.6 Å². The number of nitrogens with zero attached hydrogens (tertiary/aromatic N) is 1. The van der Waals surface area contributed by atoms with Crippen molar-refractivity contribution in [2.75, 3.05) is 18.4 Å². The summed E-state index contributed by atoms with van der Waals surface area (Å²) >= 11 is 5.62. The number of nitrogens with one attached hydrogen (secondary N) is 1. The molecule has 1 aliphatic rings. The molecule has 1 N–H and O–H groups in total. The molecule has 1 aliphatic heterocycles. The van der Waals surface area contributed by atoms with Crippen LogP contribution in [-0.4, -0.2) is 31.7 Å². The van der Waals surface area contributed by atoms with E-state index in [2.05, 4.69) is 5.32 Å². The predicted octanol–water partition coefficient (Wildman–Crippen LogP) is 5.32. The molecule has 2 aromatic rings. The Morgan fingerprint density at radius 2 is 1.75 bits per heavy atom. The molecular formula is C22H24ClF3N2O3S. The third-order valence-corrected chi connectivity index (χ3v) is 8.00. The molecule has 1 atom stereocenters. The van der Waals surface area contributed by atoms with Crippen LogP contribution in [0.2, 0.25) is 5.02 Å². The molecule has 32 heavy (non-hydrogen) atoms. The Morgan fingerprint density at radius 1 is 1.12 bits per heavy atom. The molecule has 0 aromatic heterocycles. The lowest BCUT2D eigenvalue weighted by Gasteiger charge is -2.32. The number of rotatable bonds is 4. The Balaban J connectivity index is 1.80. The van der Waals surface area contributed by atoms with Gasteiger partial charge in [0.05, 0.1) is 21.4 Å². The van der Waals surface area contributed by atoms with Crippen molar-refractivity contribution < 1.29 is 26.4 Å². The minimum atomic E-state index is -4.66. The summed E-state index contributed by atoms with van der Waals surface area (Å²) in [6, 6.07) is 6.72. The summed E-state index contributed by atoms with van der Waals surface area (Å²) in [5.74, 6) is -1.22. The van der Waals surface area contributed by atoms with Crippen molar-refractivity contribution in [2.45, 2.75) is 44.7 Å². The van der Waals surface area contributed by atoms with Crippen molar-refractivity contribution in [3.63, 3.8) is 0 Å².